The van der Waals surface area contributed by atoms with Gasteiger partial charge in [-0.2, -0.15) is 26.3 Å². The number of halogens is 12. The first-order chi connectivity index (χ1) is 24.5. The molecule has 0 aliphatic rings. The number of aromatic nitrogens is 2. The standard InChI is InChI=1S/C36H24F12N2O2/c1-2-3-4-5-18-16-49-33(50-17-18)21-13-27(39)31(28(40)14-21)35(45,46)51-22-7-9-23(26(38)15-22)19-6-8-24(25(37)10-19)20-11-29(41)32(30(42)12-20)52-36(47,48)34(43)44/h6-17,34H,2-5H2,1H3. The van der Waals surface area contributed by atoms with Crippen molar-refractivity contribution in [1.82, 2.24) is 9.97 Å². The van der Waals surface area contributed by atoms with Gasteiger partial charge < -0.3 is 9.47 Å². The molecule has 5 aromatic rings. The second-order valence-electron chi connectivity index (χ2n) is 11.4. The minimum absolute atomic E-state index is 0.114. The molecule has 0 saturated carbocycles. The Balaban J connectivity index is 1.33. The van der Waals surface area contributed by atoms with Crippen molar-refractivity contribution in [3.05, 3.63) is 119 Å². The smallest absolute Gasteiger partial charge is 0.429 e. The van der Waals surface area contributed by atoms with Gasteiger partial charge in [-0.15, -0.1) is 0 Å². The molecule has 0 amide bonds. The summed E-state index contributed by atoms with van der Waals surface area (Å²) >= 11 is 0. The fraction of sp³-hybridized carbons (Fsp3) is 0.222. The summed E-state index contributed by atoms with van der Waals surface area (Å²) in [5.74, 6) is -12.4. The predicted molar refractivity (Wildman–Crippen MR) is 164 cm³/mol. The van der Waals surface area contributed by atoms with Crippen molar-refractivity contribution in [1.29, 1.82) is 0 Å². The van der Waals surface area contributed by atoms with Crippen LogP contribution in [0.5, 0.6) is 11.5 Å². The normalized spacial score (nSPS) is 12.0. The van der Waals surface area contributed by atoms with Crippen molar-refractivity contribution in [2.24, 2.45) is 0 Å². The second-order valence-corrected chi connectivity index (χ2v) is 11.4. The average Bonchev–Trinajstić information content (AvgIpc) is 3.06. The third kappa shape index (κ3) is 8.26. The monoisotopic (exact) mass is 744 g/mol. The molecule has 0 aliphatic heterocycles. The summed E-state index contributed by atoms with van der Waals surface area (Å²) in [5.41, 5.74) is -2.94. The fourth-order valence-electron chi connectivity index (χ4n) is 5.10. The van der Waals surface area contributed by atoms with Gasteiger partial charge in [0.15, 0.2) is 23.2 Å². The average molecular weight is 745 g/mol. The maximum Gasteiger partial charge on any atom is 0.461 e. The molecule has 1 heterocycles. The number of rotatable bonds is 13. The number of unbranched alkanes of at least 4 members (excludes halogenated alkanes) is 2. The first-order valence-electron chi connectivity index (χ1n) is 15.3. The van der Waals surface area contributed by atoms with Crippen LogP contribution in [0.1, 0.15) is 37.3 Å². The lowest BCUT2D eigenvalue weighted by Gasteiger charge is -2.20. The first-order valence-corrected chi connectivity index (χ1v) is 15.3. The molecule has 52 heavy (non-hydrogen) atoms. The predicted octanol–water partition coefficient (Wildman–Crippen LogP) is 11.4. The highest BCUT2D eigenvalue weighted by Crippen LogP contribution is 2.39. The summed E-state index contributed by atoms with van der Waals surface area (Å²) in [5, 5.41) is 0. The number of nitrogens with zero attached hydrogens (tertiary/aromatic N) is 2. The van der Waals surface area contributed by atoms with Crippen molar-refractivity contribution in [2.75, 3.05) is 0 Å². The van der Waals surface area contributed by atoms with E-state index in [2.05, 4.69) is 19.4 Å². The maximum atomic E-state index is 15.1. The summed E-state index contributed by atoms with van der Waals surface area (Å²) in [6, 6.07) is 6.63. The van der Waals surface area contributed by atoms with Crippen LogP contribution in [0.3, 0.4) is 0 Å². The largest absolute Gasteiger partial charge is 0.461 e. The SMILES string of the molecule is CCCCCc1cnc(-c2cc(F)c(C(F)(F)Oc3ccc(-c4ccc(-c5cc(F)c(OC(F)(F)C(F)F)c(F)c5)c(F)c4)c(F)c3)c(F)c2)nc1. The van der Waals surface area contributed by atoms with Gasteiger partial charge in [0.2, 0.25) is 0 Å². The second kappa shape index (κ2) is 15.1. The molecule has 4 aromatic carbocycles. The van der Waals surface area contributed by atoms with Crippen LogP contribution in [0.4, 0.5) is 52.7 Å². The van der Waals surface area contributed by atoms with Gasteiger partial charge >= 0.3 is 18.6 Å². The molecule has 0 atom stereocenters. The Hall–Kier alpha value is -5.28. The Kier molecular flexibility index (Phi) is 11.1. The summed E-state index contributed by atoms with van der Waals surface area (Å²) in [7, 11) is 0. The van der Waals surface area contributed by atoms with E-state index >= 15 is 17.6 Å². The number of ether oxygens (including phenoxy) is 2. The van der Waals surface area contributed by atoms with Crippen molar-refractivity contribution in [3.8, 4) is 45.1 Å². The minimum Gasteiger partial charge on any atom is -0.429 e. The van der Waals surface area contributed by atoms with Crippen molar-refractivity contribution >= 4 is 0 Å². The van der Waals surface area contributed by atoms with E-state index in [4.69, 9.17) is 0 Å². The lowest BCUT2D eigenvalue weighted by atomic mass is 9.99. The van der Waals surface area contributed by atoms with Crippen LogP contribution in [0.2, 0.25) is 0 Å². The molecule has 16 heteroatoms. The molecular weight excluding hydrogens is 720 g/mol. The van der Waals surface area contributed by atoms with Crippen LogP contribution in [0.25, 0.3) is 33.6 Å². The minimum atomic E-state index is -5.23. The molecule has 0 unspecified atom stereocenters. The Labute approximate surface area is 287 Å². The van der Waals surface area contributed by atoms with Crippen molar-refractivity contribution in [3.63, 3.8) is 0 Å². The van der Waals surface area contributed by atoms with E-state index < -0.39 is 87.3 Å². The highest BCUT2D eigenvalue weighted by atomic mass is 19.3. The van der Waals surface area contributed by atoms with Crippen LogP contribution >= 0.6 is 0 Å². The molecule has 4 nitrogen and oxygen atoms in total. The highest BCUT2D eigenvalue weighted by molar-refractivity contribution is 5.72. The third-order valence-electron chi connectivity index (χ3n) is 7.63. The molecule has 5 rings (SSSR count). The Bertz CT molecular complexity index is 2030. The topological polar surface area (TPSA) is 44.2 Å². The number of hydrogen-bond acceptors (Lipinski definition) is 4. The van der Waals surface area contributed by atoms with Crippen molar-refractivity contribution < 1.29 is 62.2 Å². The van der Waals surface area contributed by atoms with Gasteiger partial charge in [-0.25, -0.2) is 36.3 Å². The summed E-state index contributed by atoms with van der Waals surface area (Å²) in [4.78, 5) is 8.11. The molecule has 0 bridgehead atoms. The van der Waals surface area contributed by atoms with Crippen LogP contribution in [-0.4, -0.2) is 22.5 Å². The zero-order valence-electron chi connectivity index (χ0n) is 26.6. The molecule has 0 radical (unpaired) electrons. The van der Waals surface area contributed by atoms with E-state index in [1.165, 1.54) is 12.4 Å². The molecule has 274 valence electrons. The van der Waals surface area contributed by atoms with E-state index in [9.17, 15) is 35.1 Å². The van der Waals surface area contributed by atoms with E-state index in [1.54, 1.807) is 0 Å². The molecule has 0 aliphatic carbocycles. The van der Waals surface area contributed by atoms with Gasteiger partial charge in [0.1, 0.15) is 34.6 Å². The summed E-state index contributed by atoms with van der Waals surface area (Å²) in [6.45, 7) is 2.03. The van der Waals surface area contributed by atoms with E-state index in [0.717, 1.165) is 49.1 Å². The number of alkyl halides is 6. The van der Waals surface area contributed by atoms with E-state index in [1.807, 2.05) is 6.92 Å². The van der Waals surface area contributed by atoms with Gasteiger partial charge in [-0.05, 0) is 72.0 Å². The number of aryl methyl sites for hydroxylation is 1. The molecule has 1 aromatic heterocycles. The Morgan fingerprint density at radius 2 is 1.15 bits per heavy atom. The summed E-state index contributed by atoms with van der Waals surface area (Å²) < 4.78 is 178. The van der Waals surface area contributed by atoms with Crippen LogP contribution in [0, 0.1) is 34.9 Å². The molecular formula is C36H24F12N2O2. The fourth-order valence-corrected chi connectivity index (χ4v) is 5.10. The molecule has 0 saturated heterocycles. The lowest BCUT2D eigenvalue weighted by molar-refractivity contribution is -0.255. The Morgan fingerprint density at radius 1 is 0.615 bits per heavy atom. The zero-order chi connectivity index (χ0) is 38.0. The van der Waals surface area contributed by atoms with Crippen LogP contribution in [0.15, 0.2) is 73.1 Å². The molecule has 0 fully saturated rings. The molecule has 0 N–H and O–H groups in total. The van der Waals surface area contributed by atoms with Crippen LogP contribution in [-0.2, 0) is 12.5 Å². The number of benzene rings is 4. The molecule has 0 spiro atoms. The van der Waals surface area contributed by atoms with E-state index in [-0.39, 0.29) is 17.0 Å². The third-order valence-corrected chi connectivity index (χ3v) is 7.63. The number of hydrogen-bond donors (Lipinski definition) is 0. The van der Waals surface area contributed by atoms with E-state index in [0.29, 0.717) is 42.8 Å². The quantitative estimate of drug-likeness (QED) is 0.0890. The van der Waals surface area contributed by atoms with Gasteiger partial charge in [0, 0.05) is 35.2 Å². The van der Waals surface area contributed by atoms with Crippen molar-refractivity contribution in [2.45, 2.75) is 51.2 Å². The lowest BCUT2D eigenvalue weighted by Crippen LogP contribution is -2.34. The summed E-state index contributed by atoms with van der Waals surface area (Å²) in [6.07, 6.45) is -7.82. The maximum absolute atomic E-state index is 15.1. The van der Waals surface area contributed by atoms with Gasteiger partial charge in [0.25, 0.3) is 0 Å². The van der Waals surface area contributed by atoms with Gasteiger partial charge in [-0.1, -0.05) is 31.9 Å². The highest BCUT2D eigenvalue weighted by Gasteiger charge is 2.45. The van der Waals surface area contributed by atoms with Gasteiger partial charge in [-0.3, -0.25) is 0 Å². The Morgan fingerprint density at radius 3 is 1.71 bits per heavy atom. The zero-order valence-corrected chi connectivity index (χ0v) is 26.6. The first kappa shape index (κ1) is 38.0. The van der Waals surface area contributed by atoms with Gasteiger partial charge in [0.05, 0.1) is 0 Å². The van der Waals surface area contributed by atoms with Crippen LogP contribution < -0.4 is 9.47 Å².